The van der Waals surface area contributed by atoms with Gasteiger partial charge in [-0.05, 0) is 25.0 Å². The first kappa shape index (κ1) is 9.15. The molecule has 0 rings (SSSR count). The number of aldehydes is 1. The summed E-state index contributed by atoms with van der Waals surface area (Å²) in [6, 6.07) is 0. The van der Waals surface area contributed by atoms with Crippen LogP contribution >= 0.6 is 0 Å². The number of allylic oxidation sites excluding steroid dienone is 4. The highest BCUT2D eigenvalue weighted by Gasteiger charge is 1.77. The van der Waals surface area contributed by atoms with Crippen molar-refractivity contribution >= 4 is 6.29 Å². The smallest absolute Gasteiger partial charge is 0.143 e. The summed E-state index contributed by atoms with van der Waals surface area (Å²) in [5.41, 5.74) is 1.02. The lowest BCUT2D eigenvalue weighted by molar-refractivity contribution is -0.104. The molecule has 0 aromatic carbocycles. The molecule has 0 N–H and O–H groups in total. The molecule has 0 spiro atoms. The lowest BCUT2D eigenvalue weighted by atomic mass is 10.2. The van der Waals surface area contributed by atoms with Crippen LogP contribution in [0.3, 0.4) is 0 Å². The zero-order valence-electron chi connectivity index (χ0n) is 6.63. The molecule has 0 heterocycles. The molecule has 0 aliphatic rings. The quantitative estimate of drug-likeness (QED) is 0.331. The Bertz CT molecular complexity index is 143. The molecule has 0 aromatic rings. The predicted octanol–water partition coefficient (Wildman–Crippen LogP) is 2.49. The summed E-state index contributed by atoms with van der Waals surface area (Å²) in [6.07, 6.45) is 8.67. The van der Waals surface area contributed by atoms with Crippen LogP contribution in [0.1, 0.15) is 26.7 Å². The summed E-state index contributed by atoms with van der Waals surface area (Å²) in [7, 11) is 0. The summed E-state index contributed by atoms with van der Waals surface area (Å²) in [4.78, 5) is 9.94. The van der Waals surface area contributed by atoms with Crippen molar-refractivity contribution in [3.8, 4) is 0 Å². The van der Waals surface area contributed by atoms with Crippen molar-refractivity contribution in [1.29, 1.82) is 0 Å². The van der Waals surface area contributed by atoms with Gasteiger partial charge in [-0.1, -0.05) is 25.5 Å². The Hall–Kier alpha value is -0.850. The van der Waals surface area contributed by atoms with E-state index in [1.54, 1.807) is 6.08 Å². The lowest BCUT2D eigenvalue weighted by Gasteiger charge is -1.86. The second-order valence-corrected chi connectivity index (χ2v) is 2.24. The highest BCUT2D eigenvalue weighted by molar-refractivity contribution is 5.66. The van der Waals surface area contributed by atoms with Crippen LogP contribution < -0.4 is 0 Å². The Morgan fingerprint density at radius 3 is 2.70 bits per heavy atom. The number of hydrogen-bond donors (Lipinski definition) is 0. The average molecular weight is 138 g/mol. The Morgan fingerprint density at radius 2 is 2.20 bits per heavy atom. The van der Waals surface area contributed by atoms with Gasteiger partial charge in [0, 0.05) is 0 Å². The minimum Gasteiger partial charge on any atom is -0.299 e. The van der Waals surface area contributed by atoms with Crippen molar-refractivity contribution in [2.45, 2.75) is 26.7 Å². The van der Waals surface area contributed by atoms with Gasteiger partial charge < -0.3 is 0 Å². The van der Waals surface area contributed by atoms with Gasteiger partial charge in [0.15, 0.2) is 0 Å². The van der Waals surface area contributed by atoms with Crippen molar-refractivity contribution in [1.82, 2.24) is 0 Å². The van der Waals surface area contributed by atoms with E-state index < -0.39 is 0 Å². The summed E-state index contributed by atoms with van der Waals surface area (Å²) in [5.74, 6) is 0. The van der Waals surface area contributed by atoms with E-state index in [2.05, 4.69) is 13.0 Å². The van der Waals surface area contributed by atoms with Crippen LogP contribution in [0.4, 0.5) is 0 Å². The highest BCUT2D eigenvalue weighted by Crippen LogP contribution is 1.96. The zero-order valence-corrected chi connectivity index (χ0v) is 6.63. The molecule has 0 saturated heterocycles. The minimum atomic E-state index is 0.811. The molecular formula is C9H14O. The van der Waals surface area contributed by atoms with Crippen LogP contribution in [0, 0.1) is 0 Å². The largest absolute Gasteiger partial charge is 0.299 e. The maximum Gasteiger partial charge on any atom is 0.143 e. The molecule has 1 nitrogen and oxygen atoms in total. The van der Waals surface area contributed by atoms with Gasteiger partial charge in [0.1, 0.15) is 6.29 Å². The first-order chi connectivity index (χ1) is 4.81. The van der Waals surface area contributed by atoms with E-state index in [4.69, 9.17) is 0 Å². The van der Waals surface area contributed by atoms with Crippen molar-refractivity contribution in [2.24, 2.45) is 0 Å². The Balaban J connectivity index is 3.65. The number of carbonyl (C=O) groups excluding carboxylic acids is 1. The molecule has 1 heteroatoms. The Morgan fingerprint density at radius 1 is 1.50 bits per heavy atom. The summed E-state index contributed by atoms with van der Waals surface area (Å²) >= 11 is 0. The van der Waals surface area contributed by atoms with Crippen molar-refractivity contribution < 1.29 is 4.79 Å². The predicted molar refractivity (Wildman–Crippen MR) is 43.9 cm³/mol. The molecule has 0 bridgehead atoms. The SMILES string of the molecule is CCC/C=C/C(C)=C/C=O. The molecule has 0 unspecified atom stereocenters. The van der Waals surface area contributed by atoms with Gasteiger partial charge in [-0.2, -0.15) is 0 Å². The Kier molecular flexibility index (Phi) is 5.74. The highest BCUT2D eigenvalue weighted by atomic mass is 16.1. The van der Waals surface area contributed by atoms with E-state index in [1.165, 1.54) is 0 Å². The number of carbonyl (C=O) groups is 1. The van der Waals surface area contributed by atoms with Crippen LogP contribution in [-0.4, -0.2) is 6.29 Å². The van der Waals surface area contributed by atoms with Crippen molar-refractivity contribution in [3.05, 3.63) is 23.8 Å². The maximum atomic E-state index is 9.94. The van der Waals surface area contributed by atoms with E-state index in [9.17, 15) is 4.79 Å². The molecule has 0 atom stereocenters. The fourth-order valence-corrected chi connectivity index (χ4v) is 0.599. The molecule has 10 heavy (non-hydrogen) atoms. The second kappa shape index (κ2) is 6.27. The van der Waals surface area contributed by atoms with Crippen molar-refractivity contribution in [2.75, 3.05) is 0 Å². The summed E-state index contributed by atoms with van der Waals surface area (Å²) < 4.78 is 0. The minimum absolute atomic E-state index is 0.811. The zero-order chi connectivity index (χ0) is 7.82. The maximum absolute atomic E-state index is 9.94. The fourth-order valence-electron chi connectivity index (χ4n) is 0.599. The molecule has 56 valence electrons. The van der Waals surface area contributed by atoms with Gasteiger partial charge in [0.25, 0.3) is 0 Å². The third kappa shape index (κ3) is 5.29. The van der Waals surface area contributed by atoms with E-state index in [0.29, 0.717) is 0 Å². The molecule has 0 radical (unpaired) electrons. The van der Waals surface area contributed by atoms with Gasteiger partial charge in [-0.15, -0.1) is 0 Å². The summed E-state index contributed by atoms with van der Waals surface area (Å²) in [6.45, 7) is 4.05. The topological polar surface area (TPSA) is 17.1 Å². The lowest BCUT2D eigenvalue weighted by Crippen LogP contribution is -1.69. The van der Waals surface area contributed by atoms with Crippen LogP contribution in [-0.2, 0) is 4.79 Å². The molecule has 0 aliphatic heterocycles. The van der Waals surface area contributed by atoms with Crippen molar-refractivity contribution in [3.63, 3.8) is 0 Å². The van der Waals surface area contributed by atoms with Gasteiger partial charge in [0.05, 0.1) is 0 Å². The molecule has 0 fully saturated rings. The van der Waals surface area contributed by atoms with Crippen LogP contribution in [0.15, 0.2) is 23.8 Å². The third-order valence-electron chi connectivity index (χ3n) is 1.17. The third-order valence-corrected chi connectivity index (χ3v) is 1.17. The first-order valence-electron chi connectivity index (χ1n) is 3.60. The molecule has 0 saturated carbocycles. The van der Waals surface area contributed by atoms with Crippen LogP contribution in [0.25, 0.3) is 0 Å². The molecule has 0 aromatic heterocycles. The monoisotopic (exact) mass is 138 g/mol. The average Bonchev–Trinajstić information content (AvgIpc) is 1.89. The Labute approximate surface area is 62.4 Å². The second-order valence-electron chi connectivity index (χ2n) is 2.24. The number of unbranched alkanes of at least 4 members (excludes halogenated alkanes) is 1. The molecule has 0 aliphatic carbocycles. The first-order valence-corrected chi connectivity index (χ1v) is 3.60. The van der Waals surface area contributed by atoms with Gasteiger partial charge in [-0.25, -0.2) is 0 Å². The van der Waals surface area contributed by atoms with Crippen LogP contribution in [0.5, 0.6) is 0 Å². The van der Waals surface area contributed by atoms with E-state index >= 15 is 0 Å². The van der Waals surface area contributed by atoms with Gasteiger partial charge >= 0.3 is 0 Å². The van der Waals surface area contributed by atoms with E-state index in [1.807, 2.05) is 13.0 Å². The number of rotatable bonds is 4. The number of hydrogen-bond acceptors (Lipinski definition) is 1. The molecular weight excluding hydrogens is 124 g/mol. The van der Waals surface area contributed by atoms with Gasteiger partial charge in [0.2, 0.25) is 0 Å². The normalized spacial score (nSPS) is 12.4. The fraction of sp³-hybridized carbons (Fsp3) is 0.444. The van der Waals surface area contributed by atoms with Crippen LogP contribution in [0.2, 0.25) is 0 Å². The molecule has 0 amide bonds. The summed E-state index contributed by atoms with van der Waals surface area (Å²) in [5, 5.41) is 0. The van der Waals surface area contributed by atoms with E-state index in [-0.39, 0.29) is 0 Å². The van der Waals surface area contributed by atoms with E-state index in [0.717, 1.165) is 24.7 Å². The van der Waals surface area contributed by atoms with Gasteiger partial charge in [-0.3, -0.25) is 4.79 Å². The standard InChI is InChI=1S/C9H14O/c1-3-4-5-6-9(2)7-8-10/h5-8H,3-4H2,1-2H3/b6-5+,9-7+.